The number of carbonyl (C=O) groups excluding carboxylic acids is 2. The molecule has 0 saturated heterocycles. The maximum atomic E-state index is 12.9. The van der Waals surface area contributed by atoms with Gasteiger partial charge in [-0.15, -0.1) is 5.10 Å². The SMILES string of the molecule is CCc1cccc(CC)c1-n1nnc(C(=O)c2ccccc2)c1C(=O)OC. The second-order valence-corrected chi connectivity index (χ2v) is 6.02. The first kappa shape index (κ1) is 18.5. The molecule has 6 heteroatoms. The first-order valence-corrected chi connectivity index (χ1v) is 8.87. The smallest absolute Gasteiger partial charge is 0.359 e. The average Bonchev–Trinajstić information content (AvgIpc) is 3.17. The minimum absolute atomic E-state index is 0.0130. The highest BCUT2D eigenvalue weighted by atomic mass is 16.5. The molecule has 0 unspecified atom stereocenters. The summed E-state index contributed by atoms with van der Waals surface area (Å²) in [5, 5.41) is 8.22. The van der Waals surface area contributed by atoms with Crippen molar-refractivity contribution in [2.24, 2.45) is 0 Å². The number of nitrogens with zero attached hydrogens (tertiary/aromatic N) is 3. The molecule has 138 valence electrons. The van der Waals surface area contributed by atoms with Gasteiger partial charge in [0.1, 0.15) is 0 Å². The van der Waals surface area contributed by atoms with Gasteiger partial charge in [0.2, 0.25) is 5.78 Å². The van der Waals surface area contributed by atoms with Gasteiger partial charge < -0.3 is 4.74 Å². The Labute approximate surface area is 157 Å². The number of para-hydroxylation sites is 1. The summed E-state index contributed by atoms with van der Waals surface area (Å²) in [7, 11) is 1.28. The zero-order valence-electron chi connectivity index (χ0n) is 15.6. The largest absolute Gasteiger partial charge is 0.464 e. The van der Waals surface area contributed by atoms with Gasteiger partial charge in [0, 0.05) is 5.56 Å². The van der Waals surface area contributed by atoms with Crippen molar-refractivity contribution in [1.82, 2.24) is 15.0 Å². The quantitative estimate of drug-likeness (QED) is 0.496. The van der Waals surface area contributed by atoms with Crippen LogP contribution in [0.5, 0.6) is 0 Å². The predicted octanol–water partition coefficient (Wildman–Crippen LogP) is 3.41. The van der Waals surface area contributed by atoms with E-state index in [1.54, 1.807) is 24.3 Å². The van der Waals surface area contributed by atoms with Gasteiger partial charge in [-0.05, 0) is 24.0 Å². The molecule has 27 heavy (non-hydrogen) atoms. The molecule has 0 N–H and O–H groups in total. The number of hydrogen-bond donors (Lipinski definition) is 0. The molecule has 1 aromatic heterocycles. The molecular formula is C21H21N3O3. The number of methoxy groups -OCH3 is 1. The van der Waals surface area contributed by atoms with E-state index >= 15 is 0 Å². The van der Waals surface area contributed by atoms with Crippen molar-refractivity contribution in [3.8, 4) is 5.69 Å². The van der Waals surface area contributed by atoms with Crippen LogP contribution in [0.3, 0.4) is 0 Å². The predicted molar refractivity (Wildman–Crippen MR) is 101 cm³/mol. The molecule has 0 saturated carbocycles. The zero-order chi connectivity index (χ0) is 19.4. The Hall–Kier alpha value is -3.28. The number of carbonyl (C=O) groups is 2. The van der Waals surface area contributed by atoms with Gasteiger partial charge in [-0.1, -0.05) is 67.6 Å². The third-order valence-corrected chi connectivity index (χ3v) is 4.48. The fraction of sp³-hybridized carbons (Fsp3) is 0.238. The first-order valence-electron chi connectivity index (χ1n) is 8.87. The molecular weight excluding hydrogens is 342 g/mol. The van der Waals surface area contributed by atoms with E-state index in [4.69, 9.17) is 4.74 Å². The second-order valence-electron chi connectivity index (χ2n) is 6.02. The number of benzene rings is 2. The number of ether oxygens (including phenoxy) is 1. The van der Waals surface area contributed by atoms with Crippen molar-refractivity contribution in [1.29, 1.82) is 0 Å². The van der Waals surface area contributed by atoms with E-state index in [1.165, 1.54) is 11.8 Å². The summed E-state index contributed by atoms with van der Waals surface area (Å²) in [6, 6.07) is 14.6. The lowest BCUT2D eigenvalue weighted by molar-refractivity contribution is 0.0587. The summed E-state index contributed by atoms with van der Waals surface area (Å²) in [5.41, 5.74) is 3.28. The number of ketones is 1. The summed E-state index contributed by atoms with van der Waals surface area (Å²) in [4.78, 5) is 25.5. The van der Waals surface area contributed by atoms with Crippen molar-refractivity contribution in [2.75, 3.05) is 7.11 Å². The van der Waals surface area contributed by atoms with Crippen LogP contribution in [-0.4, -0.2) is 33.9 Å². The van der Waals surface area contributed by atoms with Gasteiger partial charge >= 0.3 is 5.97 Å². The lowest BCUT2D eigenvalue weighted by Crippen LogP contribution is -2.17. The molecule has 0 aliphatic carbocycles. The normalized spacial score (nSPS) is 10.6. The van der Waals surface area contributed by atoms with E-state index in [1.807, 2.05) is 38.1 Å². The highest BCUT2D eigenvalue weighted by Crippen LogP contribution is 2.24. The van der Waals surface area contributed by atoms with Crippen molar-refractivity contribution in [3.63, 3.8) is 0 Å². The fourth-order valence-electron chi connectivity index (χ4n) is 3.08. The van der Waals surface area contributed by atoms with Crippen LogP contribution in [0.15, 0.2) is 48.5 Å². The molecule has 3 aromatic rings. The molecule has 0 atom stereocenters. The molecule has 3 rings (SSSR count). The summed E-state index contributed by atoms with van der Waals surface area (Å²) in [6.07, 6.45) is 1.51. The second kappa shape index (κ2) is 7.95. The Morgan fingerprint density at radius 3 is 2.15 bits per heavy atom. The standard InChI is InChI=1S/C21H21N3O3/c1-4-14-12-9-13-15(5-2)18(14)24-19(21(26)27-3)17(22-23-24)20(25)16-10-7-6-8-11-16/h6-13H,4-5H2,1-3H3. The number of aromatic nitrogens is 3. The minimum atomic E-state index is -0.646. The van der Waals surface area contributed by atoms with Gasteiger partial charge in [0.25, 0.3) is 0 Å². The van der Waals surface area contributed by atoms with E-state index < -0.39 is 5.97 Å². The highest BCUT2D eigenvalue weighted by Gasteiger charge is 2.29. The van der Waals surface area contributed by atoms with Crippen molar-refractivity contribution < 1.29 is 14.3 Å². The van der Waals surface area contributed by atoms with E-state index in [2.05, 4.69) is 10.3 Å². The van der Waals surface area contributed by atoms with Gasteiger partial charge in [-0.2, -0.15) is 0 Å². The molecule has 0 radical (unpaired) electrons. The summed E-state index contributed by atoms with van der Waals surface area (Å²) >= 11 is 0. The van der Waals surface area contributed by atoms with Crippen LogP contribution in [0.4, 0.5) is 0 Å². The maximum Gasteiger partial charge on any atom is 0.359 e. The van der Waals surface area contributed by atoms with Crippen LogP contribution >= 0.6 is 0 Å². The van der Waals surface area contributed by atoms with Crippen LogP contribution in [0.2, 0.25) is 0 Å². The van der Waals surface area contributed by atoms with E-state index in [0.29, 0.717) is 5.56 Å². The van der Waals surface area contributed by atoms with E-state index in [0.717, 1.165) is 29.7 Å². The third-order valence-electron chi connectivity index (χ3n) is 4.48. The Morgan fingerprint density at radius 2 is 1.59 bits per heavy atom. The van der Waals surface area contributed by atoms with Gasteiger partial charge in [-0.25, -0.2) is 9.48 Å². The van der Waals surface area contributed by atoms with Crippen molar-refractivity contribution >= 4 is 11.8 Å². The Balaban J connectivity index is 2.24. The number of esters is 1. The first-order chi connectivity index (χ1) is 13.1. The summed E-state index contributed by atoms with van der Waals surface area (Å²) in [5.74, 6) is -1.01. The molecule has 6 nitrogen and oxygen atoms in total. The molecule has 1 heterocycles. The molecule has 2 aromatic carbocycles. The Kier molecular flexibility index (Phi) is 5.45. The molecule has 0 amide bonds. The highest BCUT2D eigenvalue weighted by molar-refractivity contribution is 6.12. The lowest BCUT2D eigenvalue weighted by atomic mass is 10.0. The monoisotopic (exact) mass is 363 g/mol. The summed E-state index contributed by atoms with van der Waals surface area (Å²) in [6.45, 7) is 4.06. The van der Waals surface area contributed by atoms with Gasteiger partial charge in [0.15, 0.2) is 11.4 Å². The van der Waals surface area contributed by atoms with E-state index in [-0.39, 0.29) is 17.2 Å². The van der Waals surface area contributed by atoms with Crippen LogP contribution in [0.1, 0.15) is 51.5 Å². The third kappa shape index (κ3) is 3.38. The summed E-state index contributed by atoms with van der Waals surface area (Å²) < 4.78 is 6.38. The number of aryl methyl sites for hydroxylation is 2. The molecule has 0 bridgehead atoms. The van der Waals surface area contributed by atoms with Gasteiger partial charge in [-0.3, -0.25) is 4.79 Å². The molecule has 0 fully saturated rings. The van der Waals surface area contributed by atoms with Crippen molar-refractivity contribution in [2.45, 2.75) is 26.7 Å². The van der Waals surface area contributed by atoms with E-state index in [9.17, 15) is 9.59 Å². The fourth-order valence-corrected chi connectivity index (χ4v) is 3.08. The zero-order valence-corrected chi connectivity index (χ0v) is 15.6. The van der Waals surface area contributed by atoms with Gasteiger partial charge in [0.05, 0.1) is 12.8 Å². The Morgan fingerprint density at radius 1 is 0.963 bits per heavy atom. The van der Waals surface area contributed by atoms with Crippen LogP contribution in [0.25, 0.3) is 5.69 Å². The van der Waals surface area contributed by atoms with Crippen molar-refractivity contribution in [3.05, 3.63) is 76.6 Å². The number of hydrogen-bond acceptors (Lipinski definition) is 5. The minimum Gasteiger partial charge on any atom is -0.464 e. The van der Waals surface area contributed by atoms with Crippen LogP contribution in [0, 0.1) is 0 Å². The van der Waals surface area contributed by atoms with Crippen LogP contribution in [-0.2, 0) is 17.6 Å². The maximum absolute atomic E-state index is 12.9. The molecule has 0 aliphatic rings. The topological polar surface area (TPSA) is 74.1 Å². The molecule has 0 spiro atoms. The van der Waals surface area contributed by atoms with Crippen LogP contribution < -0.4 is 0 Å². The Bertz CT molecular complexity index is 955. The lowest BCUT2D eigenvalue weighted by Gasteiger charge is -2.14. The average molecular weight is 363 g/mol. The molecule has 0 aliphatic heterocycles. The number of rotatable bonds is 6.